The minimum Gasteiger partial charge on any atom is -0.326 e. The first-order valence-corrected chi connectivity index (χ1v) is 7.17. The first kappa shape index (κ1) is 12.6. The Morgan fingerprint density at radius 2 is 2.18 bits per heavy atom. The Labute approximate surface area is 104 Å². The molecule has 0 aromatic carbocycles. The number of sulfonamides is 1. The molecular formula is C10H13ClN2O3S. The van der Waals surface area contributed by atoms with Gasteiger partial charge in [0.2, 0.25) is 10.0 Å². The van der Waals surface area contributed by atoms with Crippen molar-refractivity contribution in [2.75, 3.05) is 0 Å². The van der Waals surface area contributed by atoms with E-state index in [1.54, 1.807) is 0 Å². The molecule has 1 aromatic heterocycles. The molecule has 1 saturated carbocycles. The lowest BCUT2D eigenvalue weighted by atomic mass is 10.2. The van der Waals surface area contributed by atoms with Crippen LogP contribution >= 0.6 is 11.6 Å². The second-order valence-electron chi connectivity index (χ2n) is 4.26. The van der Waals surface area contributed by atoms with Crippen LogP contribution in [0.4, 0.5) is 0 Å². The molecule has 1 unspecified atom stereocenters. The number of aromatic amines is 1. The number of halogens is 1. The second-order valence-corrected chi connectivity index (χ2v) is 6.38. The van der Waals surface area contributed by atoms with Crippen LogP contribution in [0.5, 0.6) is 0 Å². The summed E-state index contributed by atoms with van der Waals surface area (Å²) in [6.45, 7) is 1.84. The summed E-state index contributed by atoms with van der Waals surface area (Å²) in [5.74, 6) is 0.419. The maximum Gasteiger partial charge on any atom is 0.266 e. The van der Waals surface area contributed by atoms with Crippen molar-refractivity contribution in [3.63, 3.8) is 0 Å². The molecule has 1 heterocycles. The number of hydrogen-bond acceptors (Lipinski definition) is 3. The summed E-state index contributed by atoms with van der Waals surface area (Å²) < 4.78 is 26.5. The van der Waals surface area contributed by atoms with Crippen molar-refractivity contribution in [1.29, 1.82) is 0 Å². The molecule has 2 rings (SSSR count). The third-order valence-corrected chi connectivity index (χ3v) is 4.63. The van der Waals surface area contributed by atoms with Crippen molar-refractivity contribution >= 4 is 21.6 Å². The molecular weight excluding hydrogens is 264 g/mol. The average Bonchev–Trinajstić information content (AvgIpc) is 3.04. The minimum atomic E-state index is -3.61. The number of H-pyrrole nitrogens is 1. The lowest BCUT2D eigenvalue weighted by Gasteiger charge is -2.13. The van der Waals surface area contributed by atoms with E-state index in [9.17, 15) is 13.2 Å². The third-order valence-electron chi connectivity index (χ3n) is 2.81. The standard InChI is InChI=1S/C10H13ClN2O3S/c1-6(7-2-3-7)13-17(15,16)8-4-9(11)10(14)12-5-8/h4-7,13H,2-3H2,1H3,(H,12,14). The Morgan fingerprint density at radius 3 is 2.71 bits per heavy atom. The molecule has 0 aliphatic heterocycles. The van der Waals surface area contributed by atoms with E-state index in [1.165, 1.54) is 0 Å². The van der Waals surface area contributed by atoms with Gasteiger partial charge in [0.25, 0.3) is 5.56 Å². The fourth-order valence-electron chi connectivity index (χ4n) is 1.60. The summed E-state index contributed by atoms with van der Waals surface area (Å²) in [5, 5.41) is -0.132. The Morgan fingerprint density at radius 1 is 1.53 bits per heavy atom. The van der Waals surface area contributed by atoms with Gasteiger partial charge in [-0.25, -0.2) is 13.1 Å². The molecule has 94 valence electrons. The van der Waals surface area contributed by atoms with Gasteiger partial charge in [0.15, 0.2) is 0 Å². The zero-order valence-electron chi connectivity index (χ0n) is 9.23. The number of rotatable bonds is 4. The van der Waals surface area contributed by atoms with E-state index in [-0.39, 0.29) is 16.0 Å². The highest BCUT2D eigenvalue weighted by Gasteiger charge is 2.31. The highest BCUT2D eigenvalue weighted by Crippen LogP contribution is 2.32. The third kappa shape index (κ3) is 2.88. The number of hydrogen-bond donors (Lipinski definition) is 2. The zero-order valence-corrected chi connectivity index (χ0v) is 10.8. The summed E-state index contributed by atoms with van der Waals surface area (Å²) in [6, 6.07) is 1.06. The molecule has 1 fully saturated rings. The zero-order chi connectivity index (χ0) is 12.6. The van der Waals surface area contributed by atoms with Crippen molar-refractivity contribution in [2.45, 2.75) is 30.7 Å². The van der Waals surface area contributed by atoms with Crippen molar-refractivity contribution in [1.82, 2.24) is 9.71 Å². The van der Waals surface area contributed by atoms with Crippen molar-refractivity contribution in [3.05, 3.63) is 27.6 Å². The van der Waals surface area contributed by atoms with Crippen molar-refractivity contribution < 1.29 is 8.42 Å². The molecule has 1 aliphatic carbocycles. The van der Waals surface area contributed by atoms with Crippen LogP contribution in [0.2, 0.25) is 5.02 Å². The van der Waals surface area contributed by atoms with Crippen molar-refractivity contribution in [2.24, 2.45) is 5.92 Å². The lowest BCUT2D eigenvalue weighted by Crippen LogP contribution is -2.34. The smallest absolute Gasteiger partial charge is 0.266 e. The Bertz CT molecular complexity index is 577. The van der Waals surface area contributed by atoms with Gasteiger partial charge in [-0.3, -0.25) is 4.79 Å². The molecule has 1 aromatic rings. The van der Waals surface area contributed by atoms with Gasteiger partial charge in [0, 0.05) is 12.2 Å². The van der Waals surface area contributed by atoms with E-state index >= 15 is 0 Å². The van der Waals surface area contributed by atoms with Gasteiger partial charge in [0.05, 0.1) is 4.90 Å². The van der Waals surface area contributed by atoms with Gasteiger partial charge < -0.3 is 4.98 Å². The fraction of sp³-hybridized carbons (Fsp3) is 0.500. The molecule has 2 N–H and O–H groups in total. The molecule has 0 amide bonds. The lowest BCUT2D eigenvalue weighted by molar-refractivity contribution is 0.538. The van der Waals surface area contributed by atoms with E-state index in [0.717, 1.165) is 25.1 Å². The first-order valence-electron chi connectivity index (χ1n) is 5.31. The van der Waals surface area contributed by atoms with Gasteiger partial charge in [-0.15, -0.1) is 0 Å². The van der Waals surface area contributed by atoms with Crippen LogP contribution in [0.25, 0.3) is 0 Å². The van der Waals surface area contributed by atoms with Gasteiger partial charge in [0.1, 0.15) is 5.02 Å². The van der Waals surface area contributed by atoms with E-state index in [4.69, 9.17) is 11.6 Å². The monoisotopic (exact) mass is 276 g/mol. The SMILES string of the molecule is CC(NS(=O)(=O)c1c[nH]c(=O)c(Cl)c1)C1CC1. The van der Waals surface area contributed by atoms with Gasteiger partial charge >= 0.3 is 0 Å². The maximum absolute atomic E-state index is 11.9. The van der Waals surface area contributed by atoms with E-state index < -0.39 is 15.6 Å². The Balaban J connectivity index is 2.24. The highest BCUT2D eigenvalue weighted by atomic mass is 35.5. The van der Waals surface area contributed by atoms with E-state index in [0.29, 0.717) is 5.92 Å². The van der Waals surface area contributed by atoms with Crippen LogP contribution in [-0.4, -0.2) is 19.4 Å². The normalized spacial score (nSPS) is 18.0. The second kappa shape index (κ2) is 4.44. The highest BCUT2D eigenvalue weighted by molar-refractivity contribution is 7.89. The molecule has 0 saturated heterocycles. The van der Waals surface area contributed by atoms with Crippen LogP contribution < -0.4 is 10.3 Å². The fourth-order valence-corrected chi connectivity index (χ4v) is 3.14. The molecule has 0 bridgehead atoms. The summed E-state index contributed by atoms with van der Waals surface area (Å²) in [6.07, 6.45) is 3.25. The molecule has 1 aliphatic rings. The summed E-state index contributed by atoms with van der Waals surface area (Å²) in [4.78, 5) is 13.3. The minimum absolute atomic E-state index is 0.0189. The molecule has 7 heteroatoms. The van der Waals surface area contributed by atoms with Crippen molar-refractivity contribution in [3.8, 4) is 0 Å². The van der Waals surface area contributed by atoms with Crippen LogP contribution in [0.1, 0.15) is 19.8 Å². The largest absolute Gasteiger partial charge is 0.326 e. The molecule has 5 nitrogen and oxygen atoms in total. The van der Waals surface area contributed by atoms with Gasteiger partial charge in [-0.2, -0.15) is 0 Å². The number of nitrogens with one attached hydrogen (secondary N) is 2. The van der Waals surface area contributed by atoms with Crippen LogP contribution in [0.3, 0.4) is 0 Å². The topological polar surface area (TPSA) is 79.0 Å². The van der Waals surface area contributed by atoms with E-state index in [1.807, 2.05) is 6.92 Å². The molecule has 17 heavy (non-hydrogen) atoms. The molecule has 1 atom stereocenters. The predicted molar refractivity (Wildman–Crippen MR) is 64.6 cm³/mol. The number of pyridine rings is 1. The first-order chi connectivity index (χ1) is 7.90. The summed E-state index contributed by atoms with van der Waals surface area (Å²) >= 11 is 5.60. The maximum atomic E-state index is 11.9. The van der Waals surface area contributed by atoms with Crippen LogP contribution in [-0.2, 0) is 10.0 Å². The summed E-state index contributed by atoms with van der Waals surface area (Å²) in [5.41, 5.74) is -0.499. The Hall–Kier alpha value is -0.850. The predicted octanol–water partition coefficient (Wildman–Crippen LogP) is 1.11. The van der Waals surface area contributed by atoms with Gasteiger partial charge in [-0.1, -0.05) is 11.6 Å². The number of aromatic nitrogens is 1. The van der Waals surface area contributed by atoms with E-state index in [2.05, 4.69) is 9.71 Å². The van der Waals surface area contributed by atoms with Crippen LogP contribution in [0.15, 0.2) is 22.0 Å². The quantitative estimate of drug-likeness (QED) is 0.864. The molecule has 0 spiro atoms. The van der Waals surface area contributed by atoms with Crippen LogP contribution in [0, 0.1) is 5.92 Å². The summed E-state index contributed by atoms with van der Waals surface area (Å²) in [7, 11) is -3.61. The average molecular weight is 277 g/mol. The molecule has 0 radical (unpaired) electrons. The Kier molecular flexibility index (Phi) is 3.29. The van der Waals surface area contributed by atoms with Gasteiger partial charge in [-0.05, 0) is 31.7 Å².